The normalized spacial score (nSPS) is 15.7. The average molecular weight is 794 g/mol. The summed E-state index contributed by atoms with van der Waals surface area (Å²) in [5.41, 5.74) is 16.7. The number of aromatic nitrogens is 3. The summed E-state index contributed by atoms with van der Waals surface area (Å²) in [4.78, 5) is 15.6. The minimum absolute atomic E-state index is 0.477. The highest BCUT2D eigenvalue weighted by Gasteiger charge is 2.51. The minimum atomic E-state index is -0.477. The number of para-hydroxylation sites is 1. The molecule has 4 heteroatoms. The maximum absolute atomic E-state index is 6.92. The lowest BCUT2D eigenvalue weighted by atomic mass is 9.64. The third kappa shape index (κ3) is 5.79. The van der Waals surface area contributed by atoms with Crippen LogP contribution in [-0.2, 0) is 5.41 Å². The Balaban J connectivity index is 1.00. The van der Waals surface area contributed by atoms with Crippen molar-refractivity contribution in [3.05, 3.63) is 240 Å². The van der Waals surface area contributed by atoms with Gasteiger partial charge in [-0.3, -0.25) is 0 Å². The highest BCUT2D eigenvalue weighted by molar-refractivity contribution is 5.91. The Morgan fingerprint density at radius 3 is 1.52 bits per heavy atom. The lowest BCUT2D eigenvalue weighted by molar-refractivity contribution is 0.436. The zero-order valence-corrected chi connectivity index (χ0v) is 33.9. The van der Waals surface area contributed by atoms with E-state index >= 15 is 0 Å². The van der Waals surface area contributed by atoms with Gasteiger partial charge in [-0.1, -0.05) is 200 Å². The van der Waals surface area contributed by atoms with Gasteiger partial charge in [-0.15, -0.1) is 0 Å². The molecule has 62 heavy (non-hydrogen) atoms. The SMILES string of the molecule is C1=CC2=C(CC1)c1ccccc1C21c2ccccc2Oc2cc(-c3ccccc3-c3nc(-c4ccc(-c5ccccc5)cc4)nc(-c4ccc(-c5ccccc5)cc4)n3)ccc21. The molecule has 1 aromatic heterocycles. The first-order valence-electron chi connectivity index (χ1n) is 21.3. The zero-order valence-electron chi connectivity index (χ0n) is 33.9. The molecule has 2 aliphatic carbocycles. The van der Waals surface area contributed by atoms with Crippen molar-refractivity contribution in [2.45, 2.75) is 18.3 Å². The number of nitrogens with zero attached hydrogens (tertiary/aromatic N) is 3. The molecule has 4 nitrogen and oxygen atoms in total. The number of rotatable bonds is 6. The average Bonchev–Trinajstić information content (AvgIpc) is 3.65. The van der Waals surface area contributed by atoms with E-state index in [4.69, 9.17) is 19.7 Å². The van der Waals surface area contributed by atoms with Gasteiger partial charge in [-0.05, 0) is 80.6 Å². The van der Waals surface area contributed by atoms with E-state index in [1.807, 2.05) is 12.1 Å². The molecule has 0 saturated carbocycles. The third-order valence-electron chi connectivity index (χ3n) is 12.7. The van der Waals surface area contributed by atoms with Crippen LogP contribution in [-0.4, -0.2) is 15.0 Å². The molecule has 0 saturated heterocycles. The van der Waals surface area contributed by atoms with Crippen molar-refractivity contribution in [3.63, 3.8) is 0 Å². The summed E-state index contributed by atoms with van der Waals surface area (Å²) < 4.78 is 6.92. The molecular formula is C58H39N3O. The molecule has 0 bridgehead atoms. The fourth-order valence-corrected chi connectivity index (χ4v) is 9.88. The monoisotopic (exact) mass is 793 g/mol. The Morgan fingerprint density at radius 2 is 0.855 bits per heavy atom. The topological polar surface area (TPSA) is 47.9 Å². The molecule has 0 N–H and O–H groups in total. The Morgan fingerprint density at radius 1 is 0.371 bits per heavy atom. The highest BCUT2D eigenvalue weighted by atomic mass is 16.5. The molecular weight excluding hydrogens is 755 g/mol. The van der Waals surface area contributed by atoms with Gasteiger partial charge in [-0.2, -0.15) is 0 Å². The van der Waals surface area contributed by atoms with Crippen molar-refractivity contribution >= 4 is 5.57 Å². The lowest BCUT2D eigenvalue weighted by Crippen LogP contribution is -2.33. The standard InChI is InChI=1S/C58H39N3O/c1-3-15-38(16-4-1)40-27-31-42(32-28-40)55-59-56(43-33-29-41(30-34-43)39-17-5-2-6-18-39)61-57(60-55)48-22-8-7-19-45(48)44-35-36-52-54(37-44)62-53-26-14-13-25-51(53)58(52)49-23-11-9-20-46(49)47-21-10-12-24-50(47)58/h1-9,11-20,22-37H,10,21H2. The number of benzene rings is 8. The first-order valence-corrected chi connectivity index (χ1v) is 21.3. The minimum Gasteiger partial charge on any atom is -0.457 e. The molecule has 0 radical (unpaired) electrons. The fraction of sp³-hybridized carbons (Fsp3) is 0.0517. The van der Waals surface area contributed by atoms with Crippen LogP contribution >= 0.6 is 0 Å². The number of ether oxygens (including phenoxy) is 1. The van der Waals surface area contributed by atoms with Crippen molar-refractivity contribution < 1.29 is 4.74 Å². The lowest BCUT2D eigenvalue weighted by Gasteiger charge is -2.40. The van der Waals surface area contributed by atoms with E-state index < -0.39 is 5.41 Å². The van der Waals surface area contributed by atoms with Gasteiger partial charge in [0.25, 0.3) is 0 Å². The first-order chi connectivity index (χ1) is 30.7. The maximum Gasteiger partial charge on any atom is 0.164 e. The second-order valence-corrected chi connectivity index (χ2v) is 16.2. The Labute approximate surface area is 361 Å². The van der Waals surface area contributed by atoms with Crippen LogP contribution in [0.1, 0.15) is 35.1 Å². The molecule has 1 spiro atoms. The summed E-state index contributed by atoms with van der Waals surface area (Å²) >= 11 is 0. The second-order valence-electron chi connectivity index (χ2n) is 16.2. The van der Waals surface area contributed by atoms with E-state index in [-0.39, 0.29) is 0 Å². The summed E-state index contributed by atoms with van der Waals surface area (Å²) in [6.07, 6.45) is 6.77. The third-order valence-corrected chi connectivity index (χ3v) is 12.7. The van der Waals surface area contributed by atoms with Crippen LogP contribution in [0.5, 0.6) is 11.5 Å². The van der Waals surface area contributed by atoms with E-state index in [0.29, 0.717) is 17.5 Å². The molecule has 0 amide bonds. The molecule has 9 aromatic rings. The van der Waals surface area contributed by atoms with Crippen LogP contribution in [0.3, 0.4) is 0 Å². The molecule has 8 aromatic carbocycles. The van der Waals surface area contributed by atoms with E-state index in [0.717, 1.165) is 80.0 Å². The van der Waals surface area contributed by atoms with Gasteiger partial charge in [0.1, 0.15) is 11.5 Å². The van der Waals surface area contributed by atoms with Crippen LogP contribution in [0.15, 0.2) is 218 Å². The second kappa shape index (κ2) is 14.6. The van der Waals surface area contributed by atoms with Crippen molar-refractivity contribution in [1.29, 1.82) is 0 Å². The first kappa shape index (κ1) is 35.9. The smallest absolute Gasteiger partial charge is 0.164 e. The van der Waals surface area contributed by atoms with Gasteiger partial charge in [0.2, 0.25) is 0 Å². The molecule has 12 rings (SSSR count). The van der Waals surface area contributed by atoms with Gasteiger partial charge < -0.3 is 4.74 Å². The van der Waals surface area contributed by atoms with Gasteiger partial charge in [0.15, 0.2) is 17.5 Å². The van der Waals surface area contributed by atoms with Crippen LogP contribution in [0.2, 0.25) is 0 Å². The molecule has 2 heterocycles. The molecule has 1 unspecified atom stereocenters. The van der Waals surface area contributed by atoms with E-state index in [1.54, 1.807) is 0 Å². The van der Waals surface area contributed by atoms with E-state index in [9.17, 15) is 0 Å². The van der Waals surface area contributed by atoms with Crippen molar-refractivity contribution in [3.8, 4) is 79.0 Å². The van der Waals surface area contributed by atoms with Crippen molar-refractivity contribution in [2.75, 3.05) is 0 Å². The van der Waals surface area contributed by atoms with Gasteiger partial charge >= 0.3 is 0 Å². The van der Waals surface area contributed by atoms with Gasteiger partial charge in [-0.25, -0.2) is 15.0 Å². The Bertz CT molecular complexity index is 3140. The molecule has 292 valence electrons. The van der Waals surface area contributed by atoms with E-state index in [2.05, 4.69) is 200 Å². The van der Waals surface area contributed by atoms with E-state index in [1.165, 1.54) is 27.8 Å². The van der Waals surface area contributed by atoms with Crippen LogP contribution in [0.4, 0.5) is 0 Å². The van der Waals surface area contributed by atoms with Gasteiger partial charge in [0, 0.05) is 27.8 Å². The Kier molecular flexibility index (Phi) is 8.49. The number of hydrogen-bond acceptors (Lipinski definition) is 4. The van der Waals surface area contributed by atoms with Crippen molar-refractivity contribution in [2.24, 2.45) is 0 Å². The Hall–Kier alpha value is -7.95. The van der Waals surface area contributed by atoms with Gasteiger partial charge in [0.05, 0.1) is 5.41 Å². The summed E-state index contributed by atoms with van der Waals surface area (Å²) in [5.74, 6) is 3.57. The summed E-state index contributed by atoms with van der Waals surface area (Å²) in [5, 5.41) is 0. The maximum atomic E-state index is 6.92. The summed E-state index contributed by atoms with van der Waals surface area (Å²) in [7, 11) is 0. The molecule has 1 atom stereocenters. The molecule has 3 aliphatic rings. The number of allylic oxidation sites excluding steroid dienone is 4. The predicted octanol–water partition coefficient (Wildman–Crippen LogP) is 14.4. The van der Waals surface area contributed by atoms with Crippen LogP contribution < -0.4 is 4.74 Å². The largest absolute Gasteiger partial charge is 0.457 e. The van der Waals surface area contributed by atoms with Crippen LogP contribution in [0.25, 0.3) is 73.1 Å². The number of fused-ring (bicyclic) bond motifs is 8. The number of hydrogen-bond donors (Lipinski definition) is 0. The van der Waals surface area contributed by atoms with Crippen LogP contribution in [0, 0.1) is 0 Å². The fourth-order valence-electron chi connectivity index (χ4n) is 9.88. The predicted molar refractivity (Wildman–Crippen MR) is 251 cm³/mol. The zero-order chi connectivity index (χ0) is 41.0. The van der Waals surface area contributed by atoms with Crippen molar-refractivity contribution in [1.82, 2.24) is 15.0 Å². The quantitative estimate of drug-likeness (QED) is 0.168. The highest BCUT2D eigenvalue weighted by Crippen LogP contribution is 2.63. The summed E-state index contributed by atoms with van der Waals surface area (Å²) in [6.45, 7) is 0. The summed E-state index contributed by atoms with van der Waals surface area (Å²) in [6, 6.07) is 70.5. The molecule has 1 aliphatic heterocycles. The molecule has 0 fully saturated rings.